The normalized spacial score (nSPS) is 26.0. The fourth-order valence-corrected chi connectivity index (χ4v) is 3.91. The molecule has 2 N–H and O–H groups in total. The number of aryl methyl sites for hydroxylation is 2. The zero-order chi connectivity index (χ0) is 20.0. The molecule has 9 nitrogen and oxygen atoms in total. The molecule has 0 aliphatic carbocycles. The predicted molar refractivity (Wildman–Crippen MR) is 99.6 cm³/mol. The maximum absolute atomic E-state index is 9.83. The van der Waals surface area contributed by atoms with Crippen LogP contribution in [0.2, 0.25) is 5.02 Å². The van der Waals surface area contributed by atoms with E-state index < -0.39 is 6.10 Å². The van der Waals surface area contributed by atoms with Gasteiger partial charge in [-0.1, -0.05) is 11.6 Å². The lowest BCUT2D eigenvalue weighted by Crippen LogP contribution is -2.34. The Morgan fingerprint density at radius 3 is 2.93 bits per heavy atom. The van der Waals surface area contributed by atoms with Crippen molar-refractivity contribution in [2.24, 2.45) is 0 Å². The predicted octanol–water partition coefficient (Wildman–Crippen LogP) is 1.77. The summed E-state index contributed by atoms with van der Waals surface area (Å²) in [5.74, 6) is 0.973. The van der Waals surface area contributed by atoms with Gasteiger partial charge in [0.15, 0.2) is 11.8 Å². The average Bonchev–Trinajstić information content (AvgIpc) is 3.47. The lowest BCUT2D eigenvalue weighted by atomic mass is 10.1. The Hall–Kier alpha value is -2.64. The van der Waals surface area contributed by atoms with Crippen LogP contribution in [-0.2, 0) is 22.3 Å². The molecule has 3 aromatic heterocycles. The number of pyridine rings is 1. The van der Waals surface area contributed by atoms with Crippen molar-refractivity contribution in [2.75, 3.05) is 13.2 Å². The van der Waals surface area contributed by atoms with Gasteiger partial charge in [0.1, 0.15) is 30.1 Å². The van der Waals surface area contributed by atoms with Crippen molar-refractivity contribution in [2.45, 2.75) is 37.3 Å². The Balaban J connectivity index is 1.31. The van der Waals surface area contributed by atoms with Gasteiger partial charge in [-0.15, -0.1) is 0 Å². The van der Waals surface area contributed by atoms with Gasteiger partial charge < -0.3 is 28.7 Å². The molecular formula is C19H17ClN4O5. The molecule has 2 aliphatic heterocycles. The van der Waals surface area contributed by atoms with Crippen molar-refractivity contribution in [3.8, 4) is 12.1 Å². The molecule has 5 rings (SSSR count). The Kier molecular flexibility index (Phi) is 4.64. The molecule has 0 bridgehead atoms. The molecule has 0 aromatic carbocycles. The van der Waals surface area contributed by atoms with Crippen LogP contribution >= 0.6 is 11.6 Å². The number of furan rings is 1. The number of nitrogens with zero attached hydrogens (tertiary/aromatic N) is 3. The van der Waals surface area contributed by atoms with Crippen LogP contribution < -0.4 is 4.74 Å². The zero-order valence-electron chi connectivity index (χ0n) is 15.2. The van der Waals surface area contributed by atoms with Crippen LogP contribution in [0.4, 0.5) is 0 Å². The smallest absolute Gasteiger partial charge is 0.296 e. The monoisotopic (exact) mass is 416 g/mol. The number of ether oxygens (including phenoxy) is 3. The number of aromatic nitrogens is 3. The number of rotatable bonds is 5. The molecule has 0 radical (unpaired) electrons. The molecule has 2 fully saturated rings. The van der Waals surface area contributed by atoms with Crippen molar-refractivity contribution >= 4 is 22.8 Å². The Morgan fingerprint density at radius 2 is 2.10 bits per heavy atom. The third-order valence-corrected chi connectivity index (χ3v) is 5.43. The Labute approximate surface area is 170 Å². The summed E-state index contributed by atoms with van der Waals surface area (Å²) in [4.78, 5) is 12.0. The SMILES string of the molecule is N#Cc1ccc(CCc2nc3nc(O[C@@H]4CO[C@H]5[C@@H]4OC[C@H]5O)[nH]c3cc2Cl)o1. The second kappa shape index (κ2) is 7.31. The topological polar surface area (TPSA) is 126 Å². The molecule has 2 saturated heterocycles. The minimum atomic E-state index is -0.634. The Morgan fingerprint density at radius 1 is 1.24 bits per heavy atom. The van der Waals surface area contributed by atoms with E-state index in [0.717, 1.165) is 0 Å². The third kappa shape index (κ3) is 3.45. The molecule has 0 saturated carbocycles. The molecule has 150 valence electrons. The van der Waals surface area contributed by atoms with Gasteiger partial charge >= 0.3 is 0 Å². The summed E-state index contributed by atoms with van der Waals surface area (Å²) >= 11 is 6.37. The highest BCUT2D eigenvalue weighted by Gasteiger charge is 2.48. The molecule has 0 unspecified atom stereocenters. The fourth-order valence-electron chi connectivity index (χ4n) is 3.67. The molecule has 0 spiro atoms. The quantitative estimate of drug-likeness (QED) is 0.644. The number of nitrogens with one attached hydrogen (secondary N) is 1. The van der Waals surface area contributed by atoms with Gasteiger partial charge in [0.2, 0.25) is 5.76 Å². The average molecular weight is 417 g/mol. The molecular weight excluding hydrogens is 400 g/mol. The molecule has 29 heavy (non-hydrogen) atoms. The largest absolute Gasteiger partial charge is 0.456 e. The van der Waals surface area contributed by atoms with Crippen LogP contribution in [-0.4, -0.2) is 57.7 Å². The van der Waals surface area contributed by atoms with Crippen LogP contribution in [0.15, 0.2) is 22.6 Å². The highest BCUT2D eigenvalue weighted by atomic mass is 35.5. The number of aliphatic hydroxyl groups excluding tert-OH is 1. The van der Waals surface area contributed by atoms with Gasteiger partial charge in [0.25, 0.3) is 6.01 Å². The summed E-state index contributed by atoms with van der Waals surface area (Å²) in [6, 6.07) is 7.42. The van der Waals surface area contributed by atoms with Crippen molar-refractivity contribution in [3.05, 3.63) is 40.4 Å². The van der Waals surface area contributed by atoms with Crippen LogP contribution in [0.5, 0.6) is 6.01 Å². The van der Waals surface area contributed by atoms with Crippen LogP contribution in [0.3, 0.4) is 0 Å². The summed E-state index contributed by atoms with van der Waals surface area (Å²) in [5.41, 5.74) is 1.82. The van der Waals surface area contributed by atoms with Gasteiger partial charge in [-0.3, -0.25) is 0 Å². The van der Waals surface area contributed by atoms with E-state index in [4.69, 9.17) is 35.5 Å². The first-order valence-electron chi connectivity index (χ1n) is 9.22. The van der Waals surface area contributed by atoms with Crippen LogP contribution in [0, 0.1) is 11.3 Å². The summed E-state index contributed by atoms with van der Waals surface area (Å²) in [6.45, 7) is 0.554. The lowest BCUT2D eigenvalue weighted by Gasteiger charge is -2.15. The van der Waals surface area contributed by atoms with E-state index in [-0.39, 0.29) is 30.7 Å². The number of nitriles is 1. The van der Waals surface area contributed by atoms with E-state index in [0.29, 0.717) is 53.1 Å². The van der Waals surface area contributed by atoms with E-state index in [1.807, 2.05) is 6.07 Å². The van der Waals surface area contributed by atoms with E-state index in [9.17, 15) is 5.11 Å². The summed E-state index contributed by atoms with van der Waals surface area (Å²) in [6.07, 6.45) is -0.576. The van der Waals surface area contributed by atoms with E-state index in [1.54, 1.807) is 18.2 Å². The first-order chi connectivity index (χ1) is 14.1. The number of imidazole rings is 1. The maximum atomic E-state index is 9.83. The molecule has 3 aromatic rings. The third-order valence-electron chi connectivity index (χ3n) is 5.10. The number of aromatic amines is 1. The number of halogens is 1. The first-order valence-corrected chi connectivity index (χ1v) is 9.60. The number of H-pyrrole nitrogens is 1. The fraction of sp³-hybridized carbons (Fsp3) is 0.421. The van der Waals surface area contributed by atoms with Crippen molar-refractivity contribution in [1.29, 1.82) is 5.26 Å². The highest BCUT2D eigenvalue weighted by molar-refractivity contribution is 6.31. The summed E-state index contributed by atoms with van der Waals surface area (Å²) < 4.78 is 22.4. The second-order valence-electron chi connectivity index (χ2n) is 7.03. The van der Waals surface area contributed by atoms with E-state index in [1.165, 1.54) is 0 Å². The highest BCUT2D eigenvalue weighted by Crippen LogP contribution is 2.30. The maximum Gasteiger partial charge on any atom is 0.296 e. The number of hydrogen-bond acceptors (Lipinski definition) is 8. The van der Waals surface area contributed by atoms with Crippen LogP contribution in [0.25, 0.3) is 11.2 Å². The van der Waals surface area contributed by atoms with Crippen molar-refractivity contribution in [1.82, 2.24) is 15.0 Å². The second-order valence-corrected chi connectivity index (χ2v) is 7.43. The van der Waals surface area contributed by atoms with Crippen molar-refractivity contribution < 1.29 is 23.7 Å². The molecule has 4 atom stereocenters. The minimum absolute atomic E-state index is 0.237. The zero-order valence-corrected chi connectivity index (χ0v) is 15.9. The number of fused-ring (bicyclic) bond motifs is 2. The van der Waals surface area contributed by atoms with E-state index in [2.05, 4.69) is 15.0 Å². The molecule has 10 heteroatoms. The minimum Gasteiger partial charge on any atom is -0.456 e. The van der Waals surface area contributed by atoms with Crippen molar-refractivity contribution in [3.63, 3.8) is 0 Å². The number of hydrogen-bond donors (Lipinski definition) is 2. The molecule has 2 aliphatic rings. The first kappa shape index (κ1) is 18.4. The van der Waals surface area contributed by atoms with Gasteiger partial charge in [-0.2, -0.15) is 10.2 Å². The van der Waals surface area contributed by atoms with Gasteiger partial charge in [0, 0.05) is 6.42 Å². The number of aliphatic hydroxyl groups is 1. The van der Waals surface area contributed by atoms with Crippen LogP contribution in [0.1, 0.15) is 17.2 Å². The molecule has 0 amide bonds. The standard InChI is InChI=1S/C19H17ClN4O5/c20-11-5-13-18(22-12(11)4-3-9-1-2-10(6-21)28-9)24-19(23-13)29-15-8-27-16-14(25)7-26-17(15)16/h1-2,5,14-17,25H,3-4,7-8H2,(H,22,23,24)/t14-,15-,16-,17-/m1/s1. The summed E-state index contributed by atoms with van der Waals surface area (Å²) in [7, 11) is 0. The van der Waals surface area contributed by atoms with Gasteiger partial charge in [-0.25, -0.2) is 4.98 Å². The van der Waals surface area contributed by atoms with E-state index >= 15 is 0 Å². The lowest BCUT2D eigenvalue weighted by molar-refractivity contribution is 0.00706. The summed E-state index contributed by atoms with van der Waals surface area (Å²) in [5, 5.41) is 19.2. The van der Waals surface area contributed by atoms with Gasteiger partial charge in [0.05, 0.1) is 29.4 Å². The Bertz CT molecular complexity index is 1090. The van der Waals surface area contributed by atoms with Gasteiger partial charge in [-0.05, 0) is 24.6 Å². The molecule has 5 heterocycles.